The van der Waals surface area contributed by atoms with E-state index in [1.807, 2.05) is 11.4 Å². The summed E-state index contributed by atoms with van der Waals surface area (Å²) in [7, 11) is 0. The van der Waals surface area contributed by atoms with Gasteiger partial charge in [-0.1, -0.05) is 5.16 Å². The molecule has 100 valence electrons. The fourth-order valence-corrected chi connectivity index (χ4v) is 2.23. The average Bonchev–Trinajstić information content (AvgIpc) is 3.17. The smallest absolute Gasteiger partial charge is 0.252 e. The Kier molecular flexibility index (Phi) is 3.51. The number of thiophene rings is 1. The predicted molar refractivity (Wildman–Crippen MR) is 73.0 cm³/mol. The average molecular weight is 286 g/mol. The summed E-state index contributed by atoms with van der Waals surface area (Å²) in [5.74, 6) is 0.651. The highest BCUT2D eigenvalue weighted by atomic mass is 32.1. The van der Waals surface area contributed by atoms with E-state index in [9.17, 15) is 4.79 Å². The number of rotatable bonds is 4. The SMILES string of the molecule is O=C(NCc1nc(-c2cccnc2)no1)c1ccsc1. The van der Waals surface area contributed by atoms with E-state index in [1.54, 1.807) is 29.9 Å². The van der Waals surface area contributed by atoms with E-state index < -0.39 is 0 Å². The fraction of sp³-hybridized carbons (Fsp3) is 0.0769. The van der Waals surface area contributed by atoms with Gasteiger partial charge in [0.05, 0.1) is 6.54 Å². The molecule has 0 atom stereocenters. The van der Waals surface area contributed by atoms with Crippen molar-refractivity contribution in [2.45, 2.75) is 6.54 Å². The van der Waals surface area contributed by atoms with Gasteiger partial charge >= 0.3 is 0 Å². The molecule has 3 heterocycles. The summed E-state index contributed by atoms with van der Waals surface area (Å²) >= 11 is 1.47. The van der Waals surface area contributed by atoms with Crippen LogP contribution >= 0.6 is 11.3 Å². The Morgan fingerprint density at radius 1 is 1.40 bits per heavy atom. The second-order valence-electron chi connectivity index (χ2n) is 3.95. The molecule has 0 bridgehead atoms. The number of carbonyl (C=O) groups is 1. The molecule has 20 heavy (non-hydrogen) atoms. The van der Waals surface area contributed by atoms with E-state index in [2.05, 4.69) is 20.4 Å². The molecule has 1 N–H and O–H groups in total. The van der Waals surface area contributed by atoms with Gasteiger partial charge in [0.2, 0.25) is 11.7 Å². The summed E-state index contributed by atoms with van der Waals surface area (Å²) in [5.41, 5.74) is 1.40. The highest BCUT2D eigenvalue weighted by Crippen LogP contribution is 2.13. The summed E-state index contributed by atoms with van der Waals surface area (Å²) in [6.45, 7) is 0.196. The van der Waals surface area contributed by atoms with Crippen LogP contribution in [0.2, 0.25) is 0 Å². The van der Waals surface area contributed by atoms with E-state index in [0.717, 1.165) is 5.56 Å². The minimum absolute atomic E-state index is 0.160. The van der Waals surface area contributed by atoms with Gasteiger partial charge in [0, 0.05) is 28.9 Å². The number of amides is 1. The molecule has 0 spiro atoms. The third-order valence-corrected chi connectivity index (χ3v) is 3.25. The van der Waals surface area contributed by atoms with Gasteiger partial charge in [-0.05, 0) is 23.6 Å². The molecule has 0 saturated heterocycles. The second-order valence-corrected chi connectivity index (χ2v) is 4.73. The van der Waals surface area contributed by atoms with Crippen LogP contribution in [0, 0.1) is 0 Å². The number of hydrogen-bond acceptors (Lipinski definition) is 6. The van der Waals surface area contributed by atoms with Crippen molar-refractivity contribution in [1.29, 1.82) is 0 Å². The Morgan fingerprint density at radius 3 is 3.10 bits per heavy atom. The van der Waals surface area contributed by atoms with E-state index in [1.165, 1.54) is 11.3 Å². The molecule has 0 fully saturated rings. The first-order chi connectivity index (χ1) is 9.83. The normalized spacial score (nSPS) is 10.4. The lowest BCUT2D eigenvalue weighted by atomic mass is 10.3. The van der Waals surface area contributed by atoms with E-state index in [0.29, 0.717) is 17.3 Å². The zero-order valence-corrected chi connectivity index (χ0v) is 11.1. The molecule has 0 aliphatic heterocycles. The molecule has 3 aromatic rings. The number of pyridine rings is 1. The maximum absolute atomic E-state index is 11.8. The van der Waals surface area contributed by atoms with Crippen molar-refractivity contribution in [3.05, 3.63) is 52.8 Å². The van der Waals surface area contributed by atoms with Crippen molar-refractivity contribution >= 4 is 17.2 Å². The molecule has 7 heteroatoms. The molecule has 0 unspecified atom stereocenters. The van der Waals surface area contributed by atoms with Crippen LogP contribution in [-0.4, -0.2) is 21.0 Å². The zero-order chi connectivity index (χ0) is 13.8. The highest BCUT2D eigenvalue weighted by molar-refractivity contribution is 7.08. The third kappa shape index (κ3) is 2.72. The van der Waals surface area contributed by atoms with E-state index in [4.69, 9.17) is 4.52 Å². The van der Waals surface area contributed by atoms with Crippen LogP contribution in [0.15, 0.2) is 45.9 Å². The standard InChI is InChI=1S/C13H10N4O2S/c18-13(10-3-5-20-8-10)15-7-11-16-12(17-19-11)9-2-1-4-14-6-9/h1-6,8H,7H2,(H,15,18). The summed E-state index contributed by atoms with van der Waals surface area (Å²) in [5, 5.41) is 10.2. The lowest BCUT2D eigenvalue weighted by molar-refractivity contribution is 0.0947. The first-order valence-corrected chi connectivity index (χ1v) is 6.80. The van der Waals surface area contributed by atoms with Crippen LogP contribution < -0.4 is 5.32 Å². The number of aromatic nitrogens is 3. The Labute approximate surface area is 118 Å². The molecule has 0 aromatic carbocycles. The van der Waals surface area contributed by atoms with Crippen molar-refractivity contribution in [3.8, 4) is 11.4 Å². The number of hydrogen-bond donors (Lipinski definition) is 1. The lowest BCUT2D eigenvalue weighted by Crippen LogP contribution is -2.22. The molecule has 0 radical (unpaired) electrons. The fourth-order valence-electron chi connectivity index (χ4n) is 1.59. The summed E-state index contributed by atoms with van der Waals surface area (Å²) in [6, 6.07) is 5.39. The lowest BCUT2D eigenvalue weighted by Gasteiger charge is -1.98. The van der Waals surface area contributed by atoms with Crippen LogP contribution in [0.4, 0.5) is 0 Å². The Morgan fingerprint density at radius 2 is 2.35 bits per heavy atom. The van der Waals surface area contributed by atoms with Gasteiger partial charge in [-0.3, -0.25) is 9.78 Å². The first-order valence-electron chi connectivity index (χ1n) is 5.86. The van der Waals surface area contributed by atoms with E-state index in [-0.39, 0.29) is 12.5 Å². The summed E-state index contributed by atoms with van der Waals surface area (Å²) in [4.78, 5) is 19.9. The molecular formula is C13H10N4O2S. The number of nitrogens with one attached hydrogen (secondary N) is 1. The van der Waals surface area contributed by atoms with Crippen LogP contribution in [0.3, 0.4) is 0 Å². The molecule has 1 amide bonds. The molecule has 3 aromatic heterocycles. The Balaban J connectivity index is 1.65. The zero-order valence-electron chi connectivity index (χ0n) is 10.3. The number of carbonyl (C=O) groups excluding carboxylic acids is 1. The molecule has 3 rings (SSSR count). The minimum atomic E-state index is -0.160. The van der Waals surface area contributed by atoms with Crippen LogP contribution in [0.25, 0.3) is 11.4 Å². The van der Waals surface area contributed by atoms with Gasteiger partial charge in [-0.2, -0.15) is 16.3 Å². The van der Waals surface area contributed by atoms with Crippen molar-refractivity contribution in [3.63, 3.8) is 0 Å². The topological polar surface area (TPSA) is 80.9 Å². The van der Waals surface area contributed by atoms with Gasteiger partial charge < -0.3 is 9.84 Å². The van der Waals surface area contributed by atoms with Crippen molar-refractivity contribution < 1.29 is 9.32 Å². The molecule has 6 nitrogen and oxygen atoms in total. The van der Waals surface area contributed by atoms with Gasteiger partial charge in [0.15, 0.2) is 0 Å². The summed E-state index contributed by atoms with van der Waals surface area (Å²) < 4.78 is 5.09. The third-order valence-electron chi connectivity index (χ3n) is 2.57. The van der Waals surface area contributed by atoms with Crippen molar-refractivity contribution in [1.82, 2.24) is 20.4 Å². The van der Waals surface area contributed by atoms with Crippen LogP contribution in [0.5, 0.6) is 0 Å². The molecule has 0 aliphatic carbocycles. The largest absolute Gasteiger partial charge is 0.343 e. The van der Waals surface area contributed by atoms with Crippen LogP contribution in [0.1, 0.15) is 16.2 Å². The minimum Gasteiger partial charge on any atom is -0.343 e. The molecule has 0 saturated carbocycles. The van der Waals surface area contributed by atoms with Crippen LogP contribution in [-0.2, 0) is 6.54 Å². The van der Waals surface area contributed by atoms with Gasteiger partial charge in [0.25, 0.3) is 5.91 Å². The predicted octanol–water partition coefficient (Wildman–Crippen LogP) is 2.12. The van der Waals surface area contributed by atoms with Gasteiger partial charge in [-0.15, -0.1) is 0 Å². The van der Waals surface area contributed by atoms with E-state index >= 15 is 0 Å². The highest BCUT2D eigenvalue weighted by Gasteiger charge is 2.11. The van der Waals surface area contributed by atoms with Gasteiger partial charge in [0.1, 0.15) is 0 Å². The van der Waals surface area contributed by atoms with Gasteiger partial charge in [-0.25, -0.2) is 0 Å². The molecular weight excluding hydrogens is 276 g/mol. The Hall–Kier alpha value is -2.54. The first kappa shape index (κ1) is 12.5. The quantitative estimate of drug-likeness (QED) is 0.794. The maximum atomic E-state index is 11.8. The summed E-state index contributed by atoms with van der Waals surface area (Å²) in [6.07, 6.45) is 3.32. The maximum Gasteiger partial charge on any atom is 0.252 e. The number of nitrogens with zero attached hydrogens (tertiary/aromatic N) is 3. The van der Waals surface area contributed by atoms with Crippen molar-refractivity contribution in [2.24, 2.45) is 0 Å². The monoisotopic (exact) mass is 286 g/mol. The second kappa shape index (κ2) is 5.62. The van der Waals surface area contributed by atoms with Crippen molar-refractivity contribution in [2.75, 3.05) is 0 Å². The molecule has 0 aliphatic rings. The Bertz CT molecular complexity index is 694.